The molecule has 3 heterocycles. The van der Waals surface area contributed by atoms with Crippen molar-refractivity contribution in [1.82, 2.24) is 24.8 Å². The van der Waals surface area contributed by atoms with Crippen molar-refractivity contribution < 1.29 is 19.1 Å². The summed E-state index contributed by atoms with van der Waals surface area (Å²) in [6, 6.07) is 19.2. The molecule has 0 bridgehead atoms. The molecule has 0 aliphatic carbocycles. The van der Waals surface area contributed by atoms with Gasteiger partial charge in [-0.15, -0.1) is 5.10 Å². The van der Waals surface area contributed by atoms with Gasteiger partial charge in [0.05, 0.1) is 18.8 Å². The Hall–Kier alpha value is -3.72. The highest BCUT2D eigenvalue weighted by Crippen LogP contribution is 2.27. The van der Waals surface area contributed by atoms with E-state index in [0.717, 1.165) is 5.56 Å². The Morgan fingerprint density at radius 2 is 1.62 bits per heavy atom. The number of para-hydroxylation sites is 1. The molecule has 1 aromatic heterocycles. The molecule has 0 spiro atoms. The molecule has 1 saturated heterocycles. The van der Waals surface area contributed by atoms with Crippen LogP contribution in [0.4, 0.5) is 0 Å². The zero-order valence-corrected chi connectivity index (χ0v) is 19.0. The predicted molar refractivity (Wildman–Crippen MR) is 123 cm³/mol. The van der Waals surface area contributed by atoms with Gasteiger partial charge in [0.15, 0.2) is 11.8 Å². The maximum absolute atomic E-state index is 13.2. The second-order valence-electron chi connectivity index (χ2n) is 8.47. The lowest BCUT2D eigenvalue weighted by atomic mass is 10.1. The first kappa shape index (κ1) is 22.1. The van der Waals surface area contributed by atoms with Crippen molar-refractivity contribution >= 4 is 11.8 Å². The van der Waals surface area contributed by atoms with Crippen LogP contribution in [0, 0.1) is 0 Å². The molecule has 5 rings (SSSR count). The van der Waals surface area contributed by atoms with Crippen LogP contribution in [0.15, 0.2) is 60.7 Å². The number of nitrogens with zero attached hydrogens (tertiary/aromatic N) is 5. The monoisotopic (exact) mass is 461 g/mol. The van der Waals surface area contributed by atoms with E-state index in [1.807, 2.05) is 60.7 Å². The summed E-state index contributed by atoms with van der Waals surface area (Å²) in [5.74, 6) is 0.395. The fraction of sp³-hybridized carbons (Fsp3) is 0.360. The number of rotatable bonds is 5. The molecule has 2 aromatic carbocycles. The van der Waals surface area contributed by atoms with Crippen molar-refractivity contribution in [3.8, 4) is 5.75 Å². The van der Waals surface area contributed by atoms with E-state index in [4.69, 9.17) is 9.47 Å². The van der Waals surface area contributed by atoms with Crippen molar-refractivity contribution in [3.63, 3.8) is 0 Å². The Kier molecular flexibility index (Phi) is 6.27. The van der Waals surface area contributed by atoms with Crippen molar-refractivity contribution in [2.75, 3.05) is 26.2 Å². The van der Waals surface area contributed by atoms with Crippen LogP contribution >= 0.6 is 0 Å². The Morgan fingerprint density at radius 3 is 2.32 bits per heavy atom. The topological polar surface area (TPSA) is 89.8 Å². The van der Waals surface area contributed by atoms with Crippen LogP contribution in [0.3, 0.4) is 0 Å². The molecule has 34 heavy (non-hydrogen) atoms. The van der Waals surface area contributed by atoms with Crippen LogP contribution in [-0.2, 0) is 22.7 Å². The molecule has 1 fully saturated rings. The van der Waals surface area contributed by atoms with Crippen molar-refractivity contribution in [3.05, 3.63) is 77.6 Å². The third kappa shape index (κ3) is 4.51. The molecule has 176 valence electrons. The maximum atomic E-state index is 13.2. The number of aromatic nitrogens is 3. The molecular formula is C25H27N5O4. The van der Waals surface area contributed by atoms with Gasteiger partial charge in [-0.2, -0.15) is 0 Å². The number of benzene rings is 2. The lowest BCUT2D eigenvalue weighted by Crippen LogP contribution is -2.53. The Morgan fingerprint density at radius 1 is 0.971 bits per heavy atom. The van der Waals surface area contributed by atoms with Gasteiger partial charge < -0.3 is 19.3 Å². The number of piperazine rings is 1. The maximum Gasteiger partial charge on any atom is 0.276 e. The predicted octanol–water partition coefficient (Wildman–Crippen LogP) is 2.30. The number of amides is 2. The minimum Gasteiger partial charge on any atom is -0.481 e. The first-order chi connectivity index (χ1) is 16.6. The van der Waals surface area contributed by atoms with Gasteiger partial charge in [0.25, 0.3) is 11.8 Å². The van der Waals surface area contributed by atoms with Crippen LogP contribution in [0.2, 0.25) is 0 Å². The second kappa shape index (κ2) is 9.64. The molecule has 0 radical (unpaired) electrons. The Balaban J connectivity index is 1.18. The summed E-state index contributed by atoms with van der Waals surface area (Å²) < 4.78 is 13.5. The Bertz CT molecular complexity index is 1140. The summed E-state index contributed by atoms with van der Waals surface area (Å²) in [7, 11) is 0. The van der Waals surface area contributed by atoms with E-state index in [9.17, 15) is 9.59 Å². The first-order valence-electron chi connectivity index (χ1n) is 11.5. The number of ether oxygens (including phenoxy) is 2. The van der Waals surface area contributed by atoms with E-state index in [1.165, 1.54) is 0 Å². The van der Waals surface area contributed by atoms with Crippen LogP contribution < -0.4 is 4.74 Å². The lowest BCUT2D eigenvalue weighted by molar-refractivity contribution is -0.139. The van der Waals surface area contributed by atoms with Crippen LogP contribution in [0.25, 0.3) is 0 Å². The quantitative estimate of drug-likeness (QED) is 0.579. The highest BCUT2D eigenvalue weighted by molar-refractivity contribution is 5.93. The summed E-state index contributed by atoms with van der Waals surface area (Å²) >= 11 is 0. The third-order valence-corrected chi connectivity index (χ3v) is 6.25. The van der Waals surface area contributed by atoms with Crippen LogP contribution in [0.5, 0.6) is 5.75 Å². The molecule has 9 heteroatoms. The number of carbonyl (C=O) groups is 2. The fourth-order valence-electron chi connectivity index (χ4n) is 4.34. The second-order valence-corrected chi connectivity index (χ2v) is 8.47. The largest absolute Gasteiger partial charge is 0.481 e. The summed E-state index contributed by atoms with van der Waals surface area (Å²) in [5.41, 5.74) is 2.09. The number of carbonyl (C=O) groups excluding carboxylic acids is 2. The molecule has 3 aromatic rings. The fourth-order valence-corrected chi connectivity index (χ4v) is 4.34. The zero-order valence-electron chi connectivity index (χ0n) is 19.0. The van der Waals surface area contributed by atoms with Gasteiger partial charge in [-0.05, 0) is 24.6 Å². The molecule has 2 atom stereocenters. The number of hydrogen-bond acceptors (Lipinski definition) is 6. The van der Waals surface area contributed by atoms with Gasteiger partial charge in [-0.25, -0.2) is 4.68 Å². The normalized spacial score (nSPS) is 18.8. The average Bonchev–Trinajstić information content (AvgIpc) is 3.32. The number of hydrogen-bond donors (Lipinski definition) is 0. The lowest BCUT2D eigenvalue weighted by Gasteiger charge is -2.35. The zero-order chi connectivity index (χ0) is 23.5. The van der Waals surface area contributed by atoms with Crippen molar-refractivity contribution in [2.45, 2.75) is 32.3 Å². The molecule has 9 nitrogen and oxygen atoms in total. The molecule has 0 saturated carbocycles. The summed E-state index contributed by atoms with van der Waals surface area (Å²) in [6.07, 6.45) is -0.711. The van der Waals surface area contributed by atoms with E-state index in [-0.39, 0.29) is 24.5 Å². The molecular weight excluding hydrogens is 434 g/mol. The highest BCUT2D eigenvalue weighted by Gasteiger charge is 2.33. The van der Waals surface area contributed by atoms with Crippen LogP contribution in [0.1, 0.15) is 34.8 Å². The van der Waals surface area contributed by atoms with Gasteiger partial charge in [0.1, 0.15) is 11.9 Å². The van der Waals surface area contributed by atoms with Gasteiger partial charge in [-0.3, -0.25) is 9.59 Å². The molecule has 2 aliphatic rings. The van der Waals surface area contributed by atoms with Crippen LogP contribution in [-0.4, -0.2) is 68.9 Å². The van der Waals surface area contributed by atoms with E-state index in [0.29, 0.717) is 49.9 Å². The van der Waals surface area contributed by atoms with Gasteiger partial charge in [0.2, 0.25) is 0 Å². The van der Waals surface area contributed by atoms with E-state index >= 15 is 0 Å². The molecule has 0 N–H and O–H groups in total. The summed E-state index contributed by atoms with van der Waals surface area (Å²) in [4.78, 5) is 29.4. The average molecular weight is 462 g/mol. The summed E-state index contributed by atoms with van der Waals surface area (Å²) in [6.45, 7) is 4.30. The van der Waals surface area contributed by atoms with Gasteiger partial charge >= 0.3 is 0 Å². The van der Waals surface area contributed by atoms with E-state index in [1.54, 1.807) is 21.4 Å². The molecule has 0 unspecified atom stereocenters. The Labute approximate surface area is 197 Å². The van der Waals surface area contributed by atoms with E-state index < -0.39 is 6.10 Å². The minimum atomic E-state index is -0.594. The van der Waals surface area contributed by atoms with E-state index in [2.05, 4.69) is 10.3 Å². The number of fused-ring (bicyclic) bond motifs is 1. The highest BCUT2D eigenvalue weighted by atomic mass is 16.5. The molecule has 2 aliphatic heterocycles. The van der Waals surface area contributed by atoms with Crippen molar-refractivity contribution in [1.29, 1.82) is 0 Å². The SMILES string of the molecule is C[C@H](Oc1ccccc1)C(=O)N1CCN(C(=O)c2nnn3c2CO[C@@H](c2ccccc2)C3)CC1. The molecule has 2 amide bonds. The van der Waals surface area contributed by atoms with Gasteiger partial charge in [0, 0.05) is 26.2 Å². The first-order valence-corrected chi connectivity index (χ1v) is 11.5. The third-order valence-electron chi connectivity index (χ3n) is 6.25. The summed E-state index contributed by atoms with van der Waals surface area (Å²) in [5, 5.41) is 8.38. The standard InChI is InChI=1S/C25H27N5O4/c1-18(34-20-10-6-3-7-11-20)24(31)28-12-14-29(15-13-28)25(32)23-21-17-33-22(16-30(21)27-26-23)19-8-4-2-5-9-19/h2-11,18,22H,12-17H2,1H3/t18-,22+/m0/s1. The van der Waals surface area contributed by atoms with Gasteiger partial charge in [-0.1, -0.05) is 53.7 Å². The smallest absolute Gasteiger partial charge is 0.276 e. The van der Waals surface area contributed by atoms with Crippen molar-refractivity contribution in [2.24, 2.45) is 0 Å². The minimum absolute atomic E-state index is 0.0858.